The number of carboxylic acid groups (broad SMARTS) is 1. The molecule has 0 saturated heterocycles. The van der Waals surface area contributed by atoms with Crippen LogP contribution in [0.1, 0.15) is 67.0 Å². The van der Waals surface area contributed by atoms with Crippen LogP contribution in [0.3, 0.4) is 0 Å². The third kappa shape index (κ3) is 3.78. The van der Waals surface area contributed by atoms with Gasteiger partial charge in [0.25, 0.3) is 0 Å². The molecule has 140 valence electrons. The summed E-state index contributed by atoms with van der Waals surface area (Å²) in [5.74, 6) is -0.713. The average molecular weight is 373 g/mol. The largest absolute Gasteiger partial charge is 0.481 e. The third-order valence-electron chi connectivity index (χ3n) is 5.15. The van der Waals surface area contributed by atoms with Crippen molar-refractivity contribution in [3.63, 3.8) is 0 Å². The molecular formula is C21H28N2O2S. The minimum Gasteiger partial charge on any atom is -0.481 e. The van der Waals surface area contributed by atoms with Crippen molar-refractivity contribution >= 4 is 17.3 Å². The number of unbranched alkanes of at least 4 members (excludes halogenated alkanes) is 1. The van der Waals surface area contributed by atoms with Gasteiger partial charge in [0.1, 0.15) is 5.41 Å². The molecule has 3 rings (SSSR count). The minimum atomic E-state index is -0.750. The van der Waals surface area contributed by atoms with E-state index in [1.54, 1.807) is 11.3 Å². The Labute approximate surface area is 159 Å². The summed E-state index contributed by atoms with van der Waals surface area (Å²) in [5, 5.41) is 14.6. The molecule has 1 aliphatic carbocycles. The zero-order chi connectivity index (χ0) is 18.6. The van der Waals surface area contributed by atoms with E-state index in [0.29, 0.717) is 12.8 Å². The van der Waals surface area contributed by atoms with Crippen molar-refractivity contribution in [3.05, 3.63) is 51.5 Å². The summed E-state index contributed by atoms with van der Waals surface area (Å²) in [6.45, 7) is 5.32. The molecule has 0 atom stereocenters. The molecule has 1 aliphatic rings. The predicted octanol–water partition coefficient (Wildman–Crippen LogP) is 4.96. The van der Waals surface area contributed by atoms with E-state index in [-0.39, 0.29) is 0 Å². The van der Waals surface area contributed by atoms with Crippen LogP contribution in [0.15, 0.2) is 30.5 Å². The Bertz CT molecular complexity index is 780. The maximum Gasteiger partial charge on any atom is 0.315 e. The maximum atomic E-state index is 11.9. The number of nitrogens with zero attached hydrogens (tertiary/aromatic N) is 2. The number of carboxylic acids is 1. The Morgan fingerprint density at radius 3 is 2.69 bits per heavy atom. The fraction of sp³-hybridized carbons (Fsp3) is 0.524. The van der Waals surface area contributed by atoms with Gasteiger partial charge >= 0.3 is 5.97 Å². The Hall–Kier alpha value is -1.88. The molecule has 0 bridgehead atoms. The first-order chi connectivity index (χ1) is 12.6. The van der Waals surface area contributed by atoms with E-state index < -0.39 is 11.4 Å². The van der Waals surface area contributed by atoms with Crippen LogP contribution < -0.4 is 0 Å². The number of rotatable bonds is 9. The summed E-state index contributed by atoms with van der Waals surface area (Å²) >= 11 is 1.65. The highest BCUT2D eigenvalue weighted by Crippen LogP contribution is 2.41. The van der Waals surface area contributed by atoms with Crippen LogP contribution in [0.25, 0.3) is 0 Å². The number of allylic oxidation sites excluding steroid dienone is 2. The van der Waals surface area contributed by atoms with Gasteiger partial charge in [-0.25, -0.2) is 0 Å². The van der Waals surface area contributed by atoms with Crippen LogP contribution in [0.2, 0.25) is 0 Å². The molecule has 0 saturated carbocycles. The molecule has 0 aromatic carbocycles. The standard InChI is InChI=1S/C21H28N2O2S/c1-3-5-8-18-16(15-23(22-18)13-4-2)14-17-9-10-19(26-17)21(20(24)25)11-6-7-12-21/h6-7,9-10,15H,3-5,8,11-14H2,1-2H3,(H,24,25). The van der Waals surface area contributed by atoms with E-state index in [9.17, 15) is 9.90 Å². The fourth-order valence-corrected chi connectivity index (χ4v) is 4.83. The van der Waals surface area contributed by atoms with Gasteiger partial charge in [0.2, 0.25) is 0 Å². The maximum absolute atomic E-state index is 11.9. The summed E-state index contributed by atoms with van der Waals surface area (Å²) in [6.07, 6.45) is 12.6. The normalized spacial score (nSPS) is 15.6. The molecule has 0 aliphatic heterocycles. The smallest absolute Gasteiger partial charge is 0.315 e. The van der Waals surface area contributed by atoms with Crippen LogP contribution in [0.5, 0.6) is 0 Å². The zero-order valence-electron chi connectivity index (χ0n) is 15.7. The Balaban J connectivity index is 1.81. The lowest BCUT2D eigenvalue weighted by Gasteiger charge is -2.22. The highest BCUT2D eigenvalue weighted by molar-refractivity contribution is 7.12. The number of thiophene rings is 1. The first-order valence-electron chi connectivity index (χ1n) is 9.62. The van der Waals surface area contributed by atoms with Gasteiger partial charge in [-0.2, -0.15) is 5.10 Å². The lowest BCUT2D eigenvalue weighted by Crippen LogP contribution is -2.31. The lowest BCUT2D eigenvalue weighted by molar-refractivity contribution is -0.143. The van der Waals surface area contributed by atoms with Gasteiger partial charge in [-0.3, -0.25) is 9.48 Å². The second-order valence-electron chi connectivity index (χ2n) is 7.18. The highest BCUT2D eigenvalue weighted by Gasteiger charge is 2.42. The van der Waals surface area contributed by atoms with E-state index >= 15 is 0 Å². The van der Waals surface area contributed by atoms with Gasteiger partial charge in [-0.1, -0.05) is 32.4 Å². The van der Waals surface area contributed by atoms with Crippen molar-refractivity contribution in [2.45, 2.75) is 70.8 Å². The second-order valence-corrected chi connectivity index (χ2v) is 8.35. The molecule has 0 unspecified atom stereocenters. The summed E-state index contributed by atoms with van der Waals surface area (Å²) < 4.78 is 2.06. The molecular weight excluding hydrogens is 344 g/mol. The minimum absolute atomic E-state index is 0.596. The van der Waals surface area contributed by atoms with Crippen LogP contribution in [-0.4, -0.2) is 20.9 Å². The van der Waals surface area contributed by atoms with Crippen LogP contribution >= 0.6 is 11.3 Å². The molecule has 2 aromatic heterocycles. The van der Waals surface area contributed by atoms with Gasteiger partial charge in [0.05, 0.1) is 5.69 Å². The van der Waals surface area contributed by atoms with Crippen LogP contribution in [-0.2, 0) is 29.6 Å². The molecule has 4 nitrogen and oxygen atoms in total. The number of aryl methyl sites for hydroxylation is 2. The van der Waals surface area contributed by atoms with Crippen LogP contribution in [0.4, 0.5) is 0 Å². The third-order valence-corrected chi connectivity index (χ3v) is 6.44. The Morgan fingerprint density at radius 2 is 2.04 bits per heavy atom. The summed E-state index contributed by atoms with van der Waals surface area (Å²) in [6, 6.07) is 4.12. The van der Waals surface area contributed by atoms with E-state index in [2.05, 4.69) is 30.8 Å². The molecule has 2 heterocycles. The molecule has 0 amide bonds. The average Bonchev–Trinajstić information content (AvgIpc) is 3.33. The van der Waals surface area contributed by atoms with E-state index in [1.807, 2.05) is 18.2 Å². The first kappa shape index (κ1) is 18.9. The van der Waals surface area contributed by atoms with Gasteiger partial charge in [-0.05, 0) is 49.8 Å². The number of hydrogen-bond acceptors (Lipinski definition) is 3. The predicted molar refractivity (Wildman–Crippen MR) is 106 cm³/mol. The summed E-state index contributed by atoms with van der Waals surface area (Å²) in [5.41, 5.74) is 1.74. The zero-order valence-corrected chi connectivity index (χ0v) is 16.5. The van der Waals surface area contributed by atoms with Crippen molar-refractivity contribution in [1.29, 1.82) is 0 Å². The fourth-order valence-electron chi connectivity index (χ4n) is 3.60. The molecule has 0 spiro atoms. The monoisotopic (exact) mass is 372 g/mol. The molecule has 1 N–H and O–H groups in total. The molecule has 0 radical (unpaired) electrons. The SMILES string of the molecule is CCCCc1nn(CCC)cc1Cc1ccc(C2(C(=O)O)CC=CC2)s1. The lowest BCUT2D eigenvalue weighted by atomic mass is 9.84. The molecule has 0 fully saturated rings. The molecule has 2 aromatic rings. The highest BCUT2D eigenvalue weighted by atomic mass is 32.1. The molecule has 26 heavy (non-hydrogen) atoms. The second kappa shape index (κ2) is 8.21. The number of carbonyl (C=O) groups is 1. The molecule has 5 heteroatoms. The number of aromatic nitrogens is 2. The first-order valence-corrected chi connectivity index (χ1v) is 10.4. The van der Waals surface area contributed by atoms with Crippen molar-refractivity contribution in [2.75, 3.05) is 0 Å². The van der Waals surface area contributed by atoms with E-state index in [1.165, 1.54) is 16.1 Å². The van der Waals surface area contributed by atoms with Gasteiger partial charge in [0.15, 0.2) is 0 Å². The van der Waals surface area contributed by atoms with E-state index in [0.717, 1.165) is 43.5 Å². The van der Waals surface area contributed by atoms with Gasteiger partial charge in [-0.15, -0.1) is 11.3 Å². The van der Waals surface area contributed by atoms with Gasteiger partial charge in [0, 0.05) is 28.9 Å². The Kier molecular flexibility index (Phi) is 5.97. The van der Waals surface area contributed by atoms with E-state index in [4.69, 9.17) is 5.10 Å². The topological polar surface area (TPSA) is 55.1 Å². The summed E-state index contributed by atoms with van der Waals surface area (Å²) in [7, 11) is 0. The Morgan fingerprint density at radius 1 is 1.27 bits per heavy atom. The van der Waals surface area contributed by atoms with Crippen molar-refractivity contribution in [1.82, 2.24) is 9.78 Å². The van der Waals surface area contributed by atoms with Crippen molar-refractivity contribution < 1.29 is 9.90 Å². The van der Waals surface area contributed by atoms with Crippen LogP contribution in [0, 0.1) is 0 Å². The van der Waals surface area contributed by atoms with Crippen molar-refractivity contribution in [2.24, 2.45) is 0 Å². The van der Waals surface area contributed by atoms with Crippen molar-refractivity contribution in [3.8, 4) is 0 Å². The number of aliphatic carboxylic acids is 1. The number of hydrogen-bond donors (Lipinski definition) is 1. The summed E-state index contributed by atoms with van der Waals surface area (Å²) in [4.78, 5) is 14.1. The van der Waals surface area contributed by atoms with Gasteiger partial charge < -0.3 is 5.11 Å². The quantitative estimate of drug-likeness (QED) is 0.633.